The first-order valence-corrected chi connectivity index (χ1v) is 7.32. The zero-order valence-corrected chi connectivity index (χ0v) is 12.4. The van der Waals surface area contributed by atoms with Crippen LogP contribution in [0.4, 0.5) is 5.95 Å². The van der Waals surface area contributed by atoms with E-state index in [1.165, 1.54) is 0 Å². The number of anilines is 1. The van der Waals surface area contributed by atoms with Gasteiger partial charge < -0.3 is 4.90 Å². The number of para-hydroxylation sites is 2. The van der Waals surface area contributed by atoms with Crippen LogP contribution in [0.2, 0.25) is 5.02 Å². The van der Waals surface area contributed by atoms with Crippen molar-refractivity contribution in [2.75, 3.05) is 18.0 Å². The van der Waals surface area contributed by atoms with E-state index in [2.05, 4.69) is 15.0 Å². The van der Waals surface area contributed by atoms with Crippen LogP contribution < -0.4 is 4.90 Å². The molecular formula is C15H12ClN5O. The lowest BCUT2D eigenvalue weighted by atomic mass is 10.3. The second-order valence-electron chi connectivity index (χ2n) is 5.16. The minimum atomic E-state index is 0.202. The Morgan fingerprint density at radius 3 is 2.86 bits per heavy atom. The molecule has 4 rings (SSSR count). The third-order valence-corrected chi connectivity index (χ3v) is 3.97. The quantitative estimate of drug-likeness (QED) is 0.726. The predicted octanol–water partition coefficient (Wildman–Crippen LogP) is 2.25. The van der Waals surface area contributed by atoms with Gasteiger partial charge in [-0.1, -0.05) is 23.7 Å². The number of halogens is 1. The topological polar surface area (TPSA) is 63.9 Å². The molecule has 0 N–H and O–H groups in total. The molecule has 0 spiro atoms. The molecule has 0 bridgehead atoms. The summed E-state index contributed by atoms with van der Waals surface area (Å²) in [5, 5.41) is 0.442. The van der Waals surface area contributed by atoms with Gasteiger partial charge in [0.05, 0.1) is 23.8 Å². The summed E-state index contributed by atoms with van der Waals surface area (Å²) in [6.07, 6.45) is 3.80. The van der Waals surface area contributed by atoms with E-state index in [9.17, 15) is 4.79 Å². The molecule has 1 aliphatic heterocycles. The maximum atomic E-state index is 11.4. The minimum absolute atomic E-state index is 0.202. The Hall–Kier alpha value is -2.47. The van der Waals surface area contributed by atoms with E-state index in [-0.39, 0.29) is 5.78 Å². The number of benzene rings is 1. The second kappa shape index (κ2) is 5.06. The highest BCUT2D eigenvalue weighted by atomic mass is 35.5. The first-order chi connectivity index (χ1) is 10.7. The maximum Gasteiger partial charge on any atom is 0.227 e. The molecule has 1 aliphatic rings. The second-order valence-corrected chi connectivity index (χ2v) is 5.56. The smallest absolute Gasteiger partial charge is 0.227 e. The van der Waals surface area contributed by atoms with Crippen molar-refractivity contribution in [3.05, 3.63) is 41.8 Å². The molecule has 0 aliphatic carbocycles. The van der Waals surface area contributed by atoms with Crippen molar-refractivity contribution in [3.8, 4) is 5.82 Å². The van der Waals surface area contributed by atoms with Crippen LogP contribution >= 0.6 is 11.6 Å². The van der Waals surface area contributed by atoms with Crippen molar-refractivity contribution < 1.29 is 4.79 Å². The monoisotopic (exact) mass is 313 g/mol. The van der Waals surface area contributed by atoms with E-state index in [1.54, 1.807) is 12.5 Å². The molecule has 2 aromatic heterocycles. The fourth-order valence-electron chi connectivity index (χ4n) is 2.60. The van der Waals surface area contributed by atoms with E-state index in [0.29, 0.717) is 36.3 Å². The van der Waals surface area contributed by atoms with Crippen LogP contribution in [0.25, 0.3) is 16.9 Å². The number of aromatic nitrogens is 4. The van der Waals surface area contributed by atoms with Crippen LogP contribution in [0.1, 0.15) is 6.42 Å². The predicted molar refractivity (Wildman–Crippen MR) is 83.5 cm³/mol. The molecular weight excluding hydrogens is 302 g/mol. The Balaban J connectivity index is 1.82. The number of imidazole rings is 1. The van der Waals surface area contributed by atoms with Gasteiger partial charge in [-0.25, -0.2) is 9.97 Å². The summed E-state index contributed by atoms with van der Waals surface area (Å²) in [4.78, 5) is 26.4. The number of hydrogen-bond donors (Lipinski definition) is 0. The summed E-state index contributed by atoms with van der Waals surface area (Å²) in [6, 6.07) is 7.76. The number of ketones is 1. The molecule has 1 saturated heterocycles. The van der Waals surface area contributed by atoms with Crippen molar-refractivity contribution in [2.24, 2.45) is 0 Å². The number of fused-ring (bicyclic) bond motifs is 1. The van der Waals surface area contributed by atoms with Crippen LogP contribution in [0.15, 0.2) is 36.8 Å². The van der Waals surface area contributed by atoms with Gasteiger partial charge in [0.1, 0.15) is 11.3 Å². The van der Waals surface area contributed by atoms with Gasteiger partial charge in [0.15, 0.2) is 11.6 Å². The molecule has 0 saturated carbocycles. The lowest BCUT2D eigenvalue weighted by Gasteiger charge is -2.15. The molecule has 3 aromatic rings. The average Bonchev–Trinajstić information content (AvgIpc) is 3.14. The molecule has 6 nitrogen and oxygen atoms in total. The fourth-order valence-corrected chi connectivity index (χ4v) is 2.78. The summed E-state index contributed by atoms with van der Waals surface area (Å²) in [5.74, 6) is 1.29. The van der Waals surface area contributed by atoms with Crippen LogP contribution in [-0.2, 0) is 4.79 Å². The van der Waals surface area contributed by atoms with Gasteiger partial charge in [0, 0.05) is 13.0 Å². The number of hydrogen-bond acceptors (Lipinski definition) is 5. The Morgan fingerprint density at radius 2 is 2.05 bits per heavy atom. The van der Waals surface area contributed by atoms with E-state index in [0.717, 1.165) is 11.0 Å². The zero-order valence-electron chi connectivity index (χ0n) is 11.6. The number of Topliss-reactive ketones (excluding diaryl/α,β-unsaturated/α-hetero) is 1. The van der Waals surface area contributed by atoms with Crippen LogP contribution in [0.5, 0.6) is 0 Å². The van der Waals surface area contributed by atoms with Crippen molar-refractivity contribution in [2.45, 2.75) is 6.42 Å². The lowest BCUT2D eigenvalue weighted by molar-refractivity contribution is -0.116. The van der Waals surface area contributed by atoms with Crippen molar-refractivity contribution in [3.63, 3.8) is 0 Å². The van der Waals surface area contributed by atoms with E-state index in [4.69, 9.17) is 11.6 Å². The SMILES string of the molecule is O=C1CCN(c2ncc(Cl)c(-n3cnc4ccccc43)n2)C1. The van der Waals surface area contributed by atoms with Gasteiger partial charge in [-0.3, -0.25) is 9.36 Å². The third kappa shape index (κ3) is 2.12. The van der Waals surface area contributed by atoms with Crippen LogP contribution in [0.3, 0.4) is 0 Å². The van der Waals surface area contributed by atoms with Crippen molar-refractivity contribution in [1.82, 2.24) is 19.5 Å². The van der Waals surface area contributed by atoms with E-state index in [1.807, 2.05) is 33.7 Å². The molecule has 0 radical (unpaired) electrons. The molecule has 0 atom stereocenters. The summed E-state index contributed by atoms with van der Waals surface area (Å²) in [6.45, 7) is 0.996. The minimum Gasteiger partial charge on any atom is -0.333 e. The molecule has 1 fully saturated rings. The average molecular weight is 314 g/mol. The first kappa shape index (κ1) is 13.2. The molecule has 7 heteroatoms. The number of carbonyl (C=O) groups is 1. The Bertz CT molecular complexity index is 875. The fraction of sp³-hybridized carbons (Fsp3) is 0.200. The Kier molecular flexibility index (Phi) is 3.04. The van der Waals surface area contributed by atoms with Gasteiger partial charge in [0.2, 0.25) is 5.95 Å². The van der Waals surface area contributed by atoms with Crippen LogP contribution in [-0.4, -0.2) is 38.4 Å². The standard InChI is InChI=1S/C15H12ClN5O/c16-11-7-17-15(20-6-5-10(22)8-20)19-14(11)21-9-18-12-3-1-2-4-13(12)21/h1-4,7,9H,5-6,8H2. The van der Waals surface area contributed by atoms with Gasteiger partial charge in [0.25, 0.3) is 0 Å². The molecule has 0 unspecified atom stereocenters. The first-order valence-electron chi connectivity index (χ1n) is 6.94. The van der Waals surface area contributed by atoms with Crippen molar-refractivity contribution >= 4 is 34.4 Å². The molecule has 0 amide bonds. The molecule has 3 heterocycles. The largest absolute Gasteiger partial charge is 0.333 e. The number of nitrogens with zero attached hydrogens (tertiary/aromatic N) is 5. The highest BCUT2D eigenvalue weighted by Crippen LogP contribution is 2.25. The van der Waals surface area contributed by atoms with Gasteiger partial charge in [-0.05, 0) is 12.1 Å². The van der Waals surface area contributed by atoms with Crippen LogP contribution in [0, 0.1) is 0 Å². The summed E-state index contributed by atoms with van der Waals surface area (Å²) < 4.78 is 1.83. The molecule has 110 valence electrons. The summed E-state index contributed by atoms with van der Waals surface area (Å²) >= 11 is 6.26. The van der Waals surface area contributed by atoms with E-state index >= 15 is 0 Å². The van der Waals surface area contributed by atoms with E-state index < -0.39 is 0 Å². The van der Waals surface area contributed by atoms with Gasteiger partial charge in [-0.2, -0.15) is 4.98 Å². The van der Waals surface area contributed by atoms with Crippen molar-refractivity contribution in [1.29, 1.82) is 0 Å². The third-order valence-electron chi connectivity index (χ3n) is 3.71. The van der Waals surface area contributed by atoms with Gasteiger partial charge >= 0.3 is 0 Å². The maximum absolute atomic E-state index is 11.4. The summed E-state index contributed by atoms with van der Waals surface area (Å²) in [7, 11) is 0. The lowest BCUT2D eigenvalue weighted by Crippen LogP contribution is -2.22. The Morgan fingerprint density at radius 1 is 1.18 bits per heavy atom. The zero-order chi connectivity index (χ0) is 15.1. The Labute approximate surface area is 131 Å². The normalized spacial score (nSPS) is 15.0. The highest BCUT2D eigenvalue weighted by molar-refractivity contribution is 6.32. The highest BCUT2D eigenvalue weighted by Gasteiger charge is 2.23. The molecule has 1 aromatic carbocycles. The number of rotatable bonds is 2. The van der Waals surface area contributed by atoms with Gasteiger partial charge in [-0.15, -0.1) is 0 Å². The number of carbonyl (C=O) groups excluding carboxylic acids is 1. The molecule has 22 heavy (non-hydrogen) atoms. The summed E-state index contributed by atoms with van der Waals surface area (Å²) in [5.41, 5.74) is 1.79.